The quantitative estimate of drug-likeness (QED) is 0.140. The van der Waals surface area contributed by atoms with Crippen molar-refractivity contribution in [3.63, 3.8) is 0 Å². The fraction of sp³-hybridized carbons (Fsp3) is 0.680. The minimum Gasteiger partial charge on any atom is -0.409 e. The molecule has 0 heterocycles. The Kier molecular flexibility index (Phi) is 9.19. The maximum absolute atomic E-state index is 12.5. The number of oxime groups is 1. The van der Waals surface area contributed by atoms with E-state index in [2.05, 4.69) is 15.8 Å². The zero-order valence-electron chi connectivity index (χ0n) is 19.0. The summed E-state index contributed by atoms with van der Waals surface area (Å²) in [6.45, 7) is 1.89. The number of aryl methyl sites for hydroxylation is 1. The number of unbranched alkanes of at least 4 members (excludes halogenated alkanes) is 4. The lowest BCUT2D eigenvalue weighted by Crippen LogP contribution is -2.48. The van der Waals surface area contributed by atoms with Crippen molar-refractivity contribution in [3.8, 4) is 0 Å². The first-order valence-electron chi connectivity index (χ1n) is 12.1. The molecule has 6 nitrogen and oxygen atoms in total. The Balaban J connectivity index is 1.26. The van der Waals surface area contributed by atoms with Crippen LogP contribution in [0, 0.1) is 5.92 Å². The number of amides is 1. The summed E-state index contributed by atoms with van der Waals surface area (Å²) in [4.78, 5) is 12.5. The zero-order valence-corrected chi connectivity index (χ0v) is 19.0. The molecule has 3 rings (SSSR count). The number of nitrogens with zero attached hydrogens (tertiary/aromatic N) is 1. The second-order valence-electron chi connectivity index (χ2n) is 9.17. The van der Waals surface area contributed by atoms with Crippen LogP contribution in [0.15, 0.2) is 29.4 Å². The number of nitrogens with one attached hydrogen (secondary N) is 2. The molecule has 3 N–H and O–H groups in total. The average Bonchev–Trinajstić information content (AvgIpc) is 3.35. The maximum atomic E-state index is 12.5. The fourth-order valence-electron chi connectivity index (χ4n) is 4.53. The van der Waals surface area contributed by atoms with Gasteiger partial charge in [-0.15, -0.1) is 0 Å². The fourth-order valence-corrected chi connectivity index (χ4v) is 4.53. The van der Waals surface area contributed by atoms with Crippen LogP contribution in [0.3, 0.4) is 0 Å². The molecule has 2 fully saturated rings. The molecule has 1 amide bonds. The van der Waals surface area contributed by atoms with Crippen LogP contribution in [0.2, 0.25) is 0 Å². The number of likely N-dealkylation sites (N-methyl/N-ethyl adjacent to an activating group) is 1. The highest BCUT2D eigenvalue weighted by molar-refractivity contribution is 6.02. The van der Waals surface area contributed by atoms with Crippen molar-refractivity contribution in [1.29, 1.82) is 0 Å². The van der Waals surface area contributed by atoms with Crippen molar-refractivity contribution >= 4 is 11.7 Å². The third kappa shape index (κ3) is 7.23. The lowest BCUT2D eigenvalue weighted by molar-refractivity contribution is 0.0942. The Morgan fingerprint density at radius 1 is 1.10 bits per heavy atom. The highest BCUT2D eigenvalue weighted by Gasteiger charge is 2.49. The Morgan fingerprint density at radius 2 is 1.77 bits per heavy atom. The summed E-state index contributed by atoms with van der Waals surface area (Å²) in [5.74, 6) is 1.11. The maximum Gasteiger partial charge on any atom is 0.252 e. The minimum atomic E-state index is -0.541. The van der Waals surface area contributed by atoms with Crippen LogP contribution >= 0.6 is 0 Å². The largest absolute Gasteiger partial charge is 0.409 e. The van der Waals surface area contributed by atoms with Crippen molar-refractivity contribution in [2.45, 2.75) is 82.6 Å². The molecule has 1 aromatic rings. The highest BCUT2D eigenvalue weighted by atomic mass is 16.5. The molecule has 0 unspecified atom stereocenters. The van der Waals surface area contributed by atoms with Gasteiger partial charge in [0, 0.05) is 25.8 Å². The summed E-state index contributed by atoms with van der Waals surface area (Å²) in [5, 5.41) is 18.2. The van der Waals surface area contributed by atoms with E-state index in [0.29, 0.717) is 11.4 Å². The summed E-state index contributed by atoms with van der Waals surface area (Å²) in [6, 6.07) is 7.87. The molecular weight excluding hydrogens is 390 g/mol. The summed E-state index contributed by atoms with van der Waals surface area (Å²) in [7, 11) is 1.70. The van der Waals surface area contributed by atoms with Crippen molar-refractivity contribution in [1.82, 2.24) is 10.6 Å². The van der Waals surface area contributed by atoms with Gasteiger partial charge in [0.05, 0.1) is 0 Å². The number of ether oxygens (including phenoxy) is 1. The minimum absolute atomic E-state index is 0.129. The smallest absolute Gasteiger partial charge is 0.252 e. The molecule has 0 radical (unpaired) electrons. The van der Waals surface area contributed by atoms with Gasteiger partial charge in [-0.05, 0) is 68.6 Å². The lowest BCUT2D eigenvalue weighted by Gasteiger charge is -2.18. The van der Waals surface area contributed by atoms with Crippen LogP contribution in [0.1, 0.15) is 86.6 Å². The molecule has 172 valence electrons. The van der Waals surface area contributed by atoms with Crippen molar-refractivity contribution in [3.05, 3.63) is 35.4 Å². The first-order valence-corrected chi connectivity index (χ1v) is 12.1. The number of hydrogen-bond donors (Lipinski definition) is 3. The van der Waals surface area contributed by atoms with E-state index in [0.717, 1.165) is 38.4 Å². The Morgan fingerprint density at radius 3 is 2.42 bits per heavy atom. The van der Waals surface area contributed by atoms with Crippen LogP contribution < -0.4 is 10.6 Å². The molecule has 2 aliphatic rings. The van der Waals surface area contributed by atoms with Crippen LogP contribution in [0.4, 0.5) is 0 Å². The molecule has 0 bridgehead atoms. The number of carbonyl (C=O) groups is 1. The van der Waals surface area contributed by atoms with Crippen LogP contribution in [0.5, 0.6) is 0 Å². The molecule has 0 saturated heterocycles. The lowest BCUT2D eigenvalue weighted by atomic mass is 10.0. The van der Waals surface area contributed by atoms with E-state index >= 15 is 0 Å². The van der Waals surface area contributed by atoms with E-state index in [-0.39, 0.29) is 5.91 Å². The molecule has 0 atom stereocenters. The van der Waals surface area contributed by atoms with Gasteiger partial charge in [-0.3, -0.25) is 4.79 Å². The monoisotopic (exact) mass is 429 g/mol. The van der Waals surface area contributed by atoms with Crippen molar-refractivity contribution < 1.29 is 14.7 Å². The average molecular weight is 430 g/mol. The second-order valence-corrected chi connectivity index (χ2v) is 9.17. The number of amidine groups is 1. The van der Waals surface area contributed by atoms with Gasteiger partial charge < -0.3 is 20.6 Å². The van der Waals surface area contributed by atoms with E-state index in [4.69, 9.17) is 9.94 Å². The molecule has 31 heavy (non-hydrogen) atoms. The van der Waals surface area contributed by atoms with Crippen LogP contribution in [-0.2, 0) is 11.2 Å². The summed E-state index contributed by atoms with van der Waals surface area (Å²) in [6.07, 6.45) is 14.2. The molecule has 0 aliphatic heterocycles. The van der Waals surface area contributed by atoms with Gasteiger partial charge in [0.2, 0.25) is 0 Å². The van der Waals surface area contributed by atoms with Crippen LogP contribution in [-0.4, -0.2) is 42.8 Å². The van der Waals surface area contributed by atoms with Crippen LogP contribution in [0.25, 0.3) is 0 Å². The molecule has 1 aromatic carbocycles. The van der Waals surface area contributed by atoms with Gasteiger partial charge in [0.1, 0.15) is 5.54 Å². The second kappa shape index (κ2) is 12.1. The van der Waals surface area contributed by atoms with Gasteiger partial charge in [0.25, 0.3) is 5.91 Å². The summed E-state index contributed by atoms with van der Waals surface area (Å²) in [5.41, 5.74) is 1.37. The van der Waals surface area contributed by atoms with E-state index in [1.807, 2.05) is 24.3 Å². The first kappa shape index (κ1) is 23.6. The topological polar surface area (TPSA) is 83.0 Å². The SMILES string of the molecule is CN/C(=N\O)C1(NC(=O)c2ccc(CCCCCCCOCC3CCCC3)cc2)CC1. The standard InChI is InChI=1S/C25H39N3O3/c1-26-24(28-30)25(16-17-25)27-23(29)22-14-12-20(13-15-22)9-5-3-2-4-8-18-31-19-21-10-6-7-11-21/h12-15,21,30H,2-11,16-19H2,1H3,(H,26,28)(H,27,29). The van der Waals surface area contributed by atoms with Gasteiger partial charge in [-0.25, -0.2) is 0 Å². The Bertz CT molecular complexity index is 707. The molecule has 6 heteroatoms. The molecule has 0 spiro atoms. The van der Waals surface area contributed by atoms with Gasteiger partial charge >= 0.3 is 0 Å². The molecule has 2 saturated carbocycles. The summed E-state index contributed by atoms with van der Waals surface area (Å²) >= 11 is 0. The normalized spacial score (nSPS) is 18.2. The first-order chi connectivity index (χ1) is 15.2. The Labute approximate surface area is 186 Å². The number of benzene rings is 1. The predicted molar refractivity (Wildman–Crippen MR) is 124 cm³/mol. The van der Waals surface area contributed by atoms with Crippen molar-refractivity contribution in [2.24, 2.45) is 11.1 Å². The highest BCUT2D eigenvalue weighted by Crippen LogP contribution is 2.36. The Hall–Kier alpha value is -2.08. The number of rotatable bonds is 13. The number of hydrogen-bond acceptors (Lipinski definition) is 4. The van der Waals surface area contributed by atoms with E-state index in [9.17, 15) is 4.79 Å². The van der Waals surface area contributed by atoms with Gasteiger partial charge in [-0.1, -0.05) is 49.4 Å². The third-order valence-corrected chi connectivity index (χ3v) is 6.69. The van der Waals surface area contributed by atoms with Crippen molar-refractivity contribution in [2.75, 3.05) is 20.3 Å². The summed E-state index contributed by atoms with van der Waals surface area (Å²) < 4.78 is 5.83. The molecule has 2 aliphatic carbocycles. The van der Waals surface area contributed by atoms with E-state index < -0.39 is 5.54 Å². The number of carbonyl (C=O) groups excluding carboxylic acids is 1. The van der Waals surface area contributed by atoms with Gasteiger partial charge in [0.15, 0.2) is 5.84 Å². The van der Waals surface area contributed by atoms with E-state index in [1.54, 1.807) is 7.05 Å². The molecular formula is C25H39N3O3. The zero-order chi connectivity index (χ0) is 21.9. The third-order valence-electron chi connectivity index (χ3n) is 6.69. The predicted octanol–water partition coefficient (Wildman–Crippen LogP) is 4.66. The molecule has 0 aromatic heterocycles. The van der Waals surface area contributed by atoms with Gasteiger partial charge in [-0.2, -0.15) is 0 Å². The van der Waals surface area contributed by atoms with E-state index in [1.165, 1.54) is 63.4 Å².